The fourth-order valence-electron chi connectivity index (χ4n) is 4.20. The number of aryl methyl sites for hydroxylation is 2. The fourth-order valence-corrected chi connectivity index (χ4v) is 5.25. The first kappa shape index (κ1) is 23.3. The average Bonchev–Trinajstić information content (AvgIpc) is 3.08. The molecule has 0 atom stereocenters. The minimum absolute atomic E-state index is 0.0544. The van der Waals surface area contributed by atoms with Crippen LogP contribution in [-0.2, 0) is 10.3 Å². The number of carbonyl (C=O) groups is 2. The normalized spacial score (nSPS) is 14.2. The first-order valence-corrected chi connectivity index (χ1v) is 11.6. The Morgan fingerprint density at radius 1 is 0.848 bits per heavy atom. The molecule has 3 aromatic carbocycles. The highest BCUT2D eigenvalue weighted by molar-refractivity contribution is 9.11. The molecule has 33 heavy (non-hydrogen) atoms. The number of hydrogen-bond acceptors (Lipinski definition) is 5. The predicted molar refractivity (Wildman–Crippen MR) is 129 cm³/mol. The van der Waals surface area contributed by atoms with Crippen LogP contribution in [0.1, 0.15) is 59.7 Å². The molecular formula is C25H20Br2O6. The standard InChI is InChI=1S/C25H20Br2O6/c1-10-7-17(21(28)19(26)12(10)3)25(18-8-11(2)13(4)20(27)22(18)29)16-9-14(23(30)31)5-6-15(16)24(32)33-25/h5-9,28-29H,1-4H3,(H,30,31). The number of carboxylic acid groups (broad SMARTS) is 1. The molecule has 0 saturated carbocycles. The molecule has 170 valence electrons. The molecule has 8 heteroatoms. The summed E-state index contributed by atoms with van der Waals surface area (Å²) in [7, 11) is 0. The summed E-state index contributed by atoms with van der Waals surface area (Å²) >= 11 is 6.84. The van der Waals surface area contributed by atoms with Crippen LogP contribution in [0.25, 0.3) is 0 Å². The summed E-state index contributed by atoms with van der Waals surface area (Å²) in [4.78, 5) is 24.8. The number of phenolic OH excluding ortho intramolecular Hbond substituents is 2. The Bertz CT molecular complexity index is 1310. The van der Waals surface area contributed by atoms with Crippen molar-refractivity contribution in [2.24, 2.45) is 0 Å². The molecule has 0 bridgehead atoms. The van der Waals surface area contributed by atoms with Gasteiger partial charge in [-0.1, -0.05) is 0 Å². The van der Waals surface area contributed by atoms with Crippen molar-refractivity contribution in [1.29, 1.82) is 0 Å². The fraction of sp³-hybridized carbons (Fsp3) is 0.200. The molecule has 3 aromatic rings. The van der Waals surface area contributed by atoms with E-state index in [1.807, 2.05) is 27.7 Å². The van der Waals surface area contributed by atoms with Gasteiger partial charge >= 0.3 is 11.9 Å². The molecule has 1 aliphatic rings. The van der Waals surface area contributed by atoms with Gasteiger partial charge in [0.15, 0.2) is 5.60 Å². The number of aromatic hydroxyl groups is 2. The minimum atomic E-state index is -1.78. The molecule has 0 amide bonds. The summed E-state index contributed by atoms with van der Waals surface area (Å²) < 4.78 is 6.82. The van der Waals surface area contributed by atoms with E-state index in [1.165, 1.54) is 18.2 Å². The lowest BCUT2D eigenvalue weighted by Gasteiger charge is -2.33. The van der Waals surface area contributed by atoms with E-state index >= 15 is 0 Å². The topological polar surface area (TPSA) is 104 Å². The SMILES string of the molecule is Cc1cc(C2(c3cc(C)c(C)c(Br)c3O)OC(=O)c3ccc(C(=O)O)cc32)c(O)c(Br)c1C. The van der Waals surface area contributed by atoms with Crippen molar-refractivity contribution < 1.29 is 29.6 Å². The Morgan fingerprint density at radius 3 is 1.79 bits per heavy atom. The average molecular weight is 576 g/mol. The molecule has 0 spiro atoms. The van der Waals surface area contributed by atoms with E-state index in [0.717, 1.165) is 22.3 Å². The van der Waals surface area contributed by atoms with E-state index in [2.05, 4.69) is 31.9 Å². The molecular weight excluding hydrogens is 556 g/mol. The number of rotatable bonds is 3. The van der Waals surface area contributed by atoms with E-state index in [-0.39, 0.29) is 39.3 Å². The van der Waals surface area contributed by atoms with Crippen molar-refractivity contribution in [3.05, 3.63) is 89.3 Å². The van der Waals surface area contributed by atoms with E-state index < -0.39 is 17.5 Å². The van der Waals surface area contributed by atoms with Gasteiger partial charge in [-0.2, -0.15) is 0 Å². The third-order valence-corrected chi connectivity index (χ3v) is 8.30. The van der Waals surface area contributed by atoms with Crippen molar-refractivity contribution in [2.45, 2.75) is 33.3 Å². The quantitative estimate of drug-likeness (QED) is 0.330. The van der Waals surface area contributed by atoms with Crippen molar-refractivity contribution >= 4 is 43.8 Å². The van der Waals surface area contributed by atoms with Gasteiger partial charge in [0, 0.05) is 16.7 Å². The number of aromatic carboxylic acids is 1. The zero-order valence-corrected chi connectivity index (χ0v) is 21.4. The van der Waals surface area contributed by atoms with Crippen LogP contribution in [0.4, 0.5) is 0 Å². The maximum absolute atomic E-state index is 13.0. The van der Waals surface area contributed by atoms with Gasteiger partial charge in [-0.15, -0.1) is 0 Å². The van der Waals surface area contributed by atoms with Crippen LogP contribution in [0.15, 0.2) is 39.3 Å². The number of benzene rings is 3. The monoisotopic (exact) mass is 574 g/mol. The number of phenols is 2. The smallest absolute Gasteiger partial charge is 0.340 e. The van der Waals surface area contributed by atoms with E-state index in [0.29, 0.717) is 8.95 Å². The second kappa shape index (κ2) is 7.88. The van der Waals surface area contributed by atoms with Crippen molar-refractivity contribution in [2.75, 3.05) is 0 Å². The largest absolute Gasteiger partial charge is 0.506 e. The summed E-state index contributed by atoms with van der Waals surface area (Å²) in [5.41, 5.74) is 2.14. The first-order chi connectivity index (χ1) is 15.4. The van der Waals surface area contributed by atoms with Crippen LogP contribution < -0.4 is 0 Å². The maximum atomic E-state index is 13.0. The molecule has 0 unspecified atom stereocenters. The van der Waals surface area contributed by atoms with Crippen molar-refractivity contribution in [3.63, 3.8) is 0 Å². The zero-order chi connectivity index (χ0) is 24.4. The van der Waals surface area contributed by atoms with Gasteiger partial charge in [0.2, 0.25) is 0 Å². The molecule has 3 N–H and O–H groups in total. The summed E-state index contributed by atoms with van der Waals surface area (Å²) in [6.45, 7) is 7.35. The van der Waals surface area contributed by atoms with Gasteiger partial charge in [-0.05, 0) is 112 Å². The lowest BCUT2D eigenvalue weighted by Crippen LogP contribution is -2.30. The Kier molecular flexibility index (Phi) is 5.57. The van der Waals surface area contributed by atoms with E-state index in [9.17, 15) is 24.9 Å². The van der Waals surface area contributed by atoms with Gasteiger partial charge < -0.3 is 20.1 Å². The van der Waals surface area contributed by atoms with E-state index in [4.69, 9.17) is 4.74 Å². The van der Waals surface area contributed by atoms with Crippen LogP contribution in [-0.4, -0.2) is 27.3 Å². The molecule has 0 saturated heterocycles. The maximum Gasteiger partial charge on any atom is 0.340 e. The number of halogens is 2. The molecule has 1 heterocycles. The molecule has 0 aliphatic carbocycles. The summed E-state index contributed by atoms with van der Waals surface area (Å²) in [6, 6.07) is 7.45. The number of carbonyl (C=O) groups excluding carboxylic acids is 1. The van der Waals surface area contributed by atoms with Crippen LogP contribution in [0.3, 0.4) is 0 Å². The van der Waals surface area contributed by atoms with Crippen LogP contribution in [0.5, 0.6) is 11.5 Å². The molecule has 1 aliphatic heterocycles. The third kappa shape index (κ3) is 3.27. The van der Waals surface area contributed by atoms with Gasteiger partial charge in [-0.25, -0.2) is 9.59 Å². The Morgan fingerprint density at radius 2 is 1.33 bits per heavy atom. The highest BCUT2D eigenvalue weighted by Crippen LogP contribution is 2.55. The number of cyclic esters (lactones) is 1. The first-order valence-electron chi connectivity index (χ1n) is 10.0. The van der Waals surface area contributed by atoms with Crippen molar-refractivity contribution in [3.8, 4) is 11.5 Å². The molecule has 4 rings (SSSR count). The van der Waals surface area contributed by atoms with E-state index in [1.54, 1.807) is 12.1 Å². The highest BCUT2D eigenvalue weighted by Gasteiger charge is 2.52. The number of hydrogen-bond donors (Lipinski definition) is 3. The van der Waals surface area contributed by atoms with Crippen molar-refractivity contribution in [1.82, 2.24) is 0 Å². The summed E-state index contributed by atoms with van der Waals surface area (Å²) in [6.07, 6.45) is 0. The Balaban J connectivity index is 2.24. The van der Waals surface area contributed by atoms with Gasteiger partial charge in [0.1, 0.15) is 11.5 Å². The molecule has 6 nitrogen and oxygen atoms in total. The number of fused-ring (bicyclic) bond motifs is 1. The summed E-state index contributed by atoms with van der Waals surface area (Å²) in [5, 5.41) is 32.0. The molecule has 0 fully saturated rings. The lowest BCUT2D eigenvalue weighted by molar-refractivity contribution is 0.0238. The Labute approximate surface area is 207 Å². The molecule has 0 aromatic heterocycles. The highest BCUT2D eigenvalue weighted by atomic mass is 79.9. The number of ether oxygens (including phenoxy) is 1. The van der Waals surface area contributed by atoms with Gasteiger partial charge in [0.05, 0.1) is 20.1 Å². The molecule has 0 radical (unpaired) electrons. The van der Waals surface area contributed by atoms with Gasteiger partial charge in [-0.3, -0.25) is 0 Å². The lowest BCUT2D eigenvalue weighted by atomic mass is 9.77. The van der Waals surface area contributed by atoms with Crippen LogP contribution in [0, 0.1) is 27.7 Å². The zero-order valence-electron chi connectivity index (χ0n) is 18.2. The van der Waals surface area contributed by atoms with Crippen LogP contribution >= 0.6 is 31.9 Å². The van der Waals surface area contributed by atoms with Gasteiger partial charge in [0.25, 0.3) is 0 Å². The number of carboxylic acids is 1. The third-order valence-electron chi connectivity index (χ3n) is 6.36. The second-order valence-electron chi connectivity index (χ2n) is 8.19. The predicted octanol–water partition coefficient (Wildman–Crippen LogP) is 6.02. The second-order valence-corrected chi connectivity index (χ2v) is 9.78. The summed E-state index contributed by atoms with van der Waals surface area (Å²) in [5.74, 6) is -2.21. The van der Waals surface area contributed by atoms with Crippen LogP contribution in [0.2, 0.25) is 0 Å². The minimum Gasteiger partial charge on any atom is -0.506 e. The number of esters is 1. The Hall–Kier alpha value is -2.84.